The third-order valence-electron chi connectivity index (χ3n) is 2.48. The molecule has 1 aliphatic carbocycles. The minimum absolute atomic E-state index is 0.296. The molecule has 1 rings (SSSR count). The zero-order valence-corrected chi connectivity index (χ0v) is 11.8. The lowest BCUT2D eigenvalue weighted by molar-refractivity contribution is 0.113. The average molecular weight is 266 g/mol. The van der Waals surface area contributed by atoms with Crippen molar-refractivity contribution in [2.45, 2.75) is 69.4 Å². The zero-order valence-electron chi connectivity index (χ0n) is 10.3. The van der Waals surface area contributed by atoms with Gasteiger partial charge in [-0.05, 0) is 33.6 Å². The van der Waals surface area contributed by atoms with Gasteiger partial charge in [0.2, 0.25) is 5.90 Å². The SMILES string of the molecule is CC(C)(C)OC(=NC1CCCCC1)C(Cl)Cl. The van der Waals surface area contributed by atoms with Gasteiger partial charge in [-0.2, -0.15) is 0 Å². The van der Waals surface area contributed by atoms with E-state index in [1.165, 1.54) is 19.3 Å². The van der Waals surface area contributed by atoms with Crippen LogP contribution in [-0.4, -0.2) is 22.4 Å². The van der Waals surface area contributed by atoms with Crippen molar-refractivity contribution >= 4 is 29.1 Å². The summed E-state index contributed by atoms with van der Waals surface area (Å²) in [5.74, 6) is 0.475. The molecule has 0 bridgehead atoms. The fourth-order valence-electron chi connectivity index (χ4n) is 1.83. The van der Waals surface area contributed by atoms with Gasteiger partial charge >= 0.3 is 0 Å². The van der Waals surface area contributed by atoms with E-state index in [1.807, 2.05) is 20.8 Å². The lowest BCUT2D eigenvalue weighted by Crippen LogP contribution is -2.29. The standard InChI is InChI=1S/C12H21Cl2NO/c1-12(2,3)16-11(10(13)14)15-9-7-5-4-6-8-9/h9-10H,4-8H2,1-3H3. The van der Waals surface area contributed by atoms with E-state index in [0.717, 1.165) is 12.8 Å². The van der Waals surface area contributed by atoms with Crippen molar-refractivity contribution in [2.75, 3.05) is 0 Å². The molecule has 4 heteroatoms. The van der Waals surface area contributed by atoms with Crippen molar-refractivity contribution in [3.63, 3.8) is 0 Å². The number of nitrogens with zero attached hydrogens (tertiary/aromatic N) is 1. The molecule has 0 atom stereocenters. The summed E-state index contributed by atoms with van der Waals surface area (Å²) in [5, 5.41) is 0. The van der Waals surface area contributed by atoms with Gasteiger partial charge in [0.25, 0.3) is 0 Å². The van der Waals surface area contributed by atoms with Crippen molar-refractivity contribution in [2.24, 2.45) is 4.99 Å². The van der Waals surface area contributed by atoms with Crippen LogP contribution in [0.4, 0.5) is 0 Å². The van der Waals surface area contributed by atoms with Crippen LogP contribution in [0.2, 0.25) is 0 Å². The molecule has 0 aromatic carbocycles. The summed E-state index contributed by atoms with van der Waals surface area (Å²) >= 11 is 11.8. The summed E-state index contributed by atoms with van der Waals surface area (Å²) in [4.78, 5) is 3.89. The number of ether oxygens (including phenoxy) is 1. The third kappa shape index (κ3) is 5.40. The Kier molecular flexibility index (Phi) is 5.39. The number of rotatable bonds is 2. The highest BCUT2D eigenvalue weighted by Crippen LogP contribution is 2.23. The number of hydrogen-bond donors (Lipinski definition) is 0. The molecule has 0 heterocycles. The van der Waals surface area contributed by atoms with Crippen molar-refractivity contribution in [3.05, 3.63) is 0 Å². The Hall–Kier alpha value is 0.0500. The first-order valence-corrected chi connectivity index (χ1v) is 6.80. The Morgan fingerprint density at radius 1 is 1.19 bits per heavy atom. The molecule has 0 aliphatic heterocycles. The van der Waals surface area contributed by atoms with Crippen LogP contribution in [0.3, 0.4) is 0 Å². The first-order chi connectivity index (χ1) is 7.38. The third-order valence-corrected chi connectivity index (χ3v) is 2.86. The van der Waals surface area contributed by atoms with E-state index >= 15 is 0 Å². The Labute approximate surface area is 108 Å². The maximum atomic E-state index is 5.88. The fraction of sp³-hybridized carbons (Fsp3) is 0.917. The van der Waals surface area contributed by atoms with E-state index < -0.39 is 4.84 Å². The molecular formula is C12H21Cl2NO. The molecule has 0 amide bonds. The summed E-state index contributed by atoms with van der Waals surface area (Å²) in [6, 6.07) is 0.339. The maximum absolute atomic E-state index is 5.88. The number of halogens is 2. The van der Waals surface area contributed by atoms with Gasteiger partial charge in [0.05, 0.1) is 6.04 Å². The molecule has 0 spiro atoms. The van der Waals surface area contributed by atoms with Gasteiger partial charge in [-0.15, -0.1) is 0 Å². The van der Waals surface area contributed by atoms with E-state index in [4.69, 9.17) is 27.9 Å². The van der Waals surface area contributed by atoms with Gasteiger partial charge in [-0.25, -0.2) is 4.99 Å². The molecule has 0 aromatic heterocycles. The van der Waals surface area contributed by atoms with E-state index in [2.05, 4.69) is 4.99 Å². The largest absolute Gasteiger partial charge is 0.473 e. The Morgan fingerprint density at radius 3 is 2.19 bits per heavy atom. The summed E-state index contributed by atoms with van der Waals surface area (Å²) in [7, 11) is 0. The smallest absolute Gasteiger partial charge is 0.218 e. The van der Waals surface area contributed by atoms with E-state index in [-0.39, 0.29) is 5.60 Å². The second kappa shape index (κ2) is 6.11. The first-order valence-electron chi connectivity index (χ1n) is 5.93. The van der Waals surface area contributed by atoms with Gasteiger partial charge in [-0.3, -0.25) is 0 Å². The molecule has 0 unspecified atom stereocenters. The molecule has 0 N–H and O–H groups in total. The molecule has 0 aromatic rings. The van der Waals surface area contributed by atoms with Gasteiger partial charge in [0.15, 0.2) is 4.84 Å². The van der Waals surface area contributed by atoms with Crippen LogP contribution in [0, 0.1) is 0 Å². The average Bonchev–Trinajstić information content (AvgIpc) is 2.16. The predicted octanol–water partition coefficient (Wildman–Crippen LogP) is 4.34. The molecule has 1 aliphatic rings. The van der Waals surface area contributed by atoms with Crippen LogP contribution in [0.25, 0.3) is 0 Å². The Bertz CT molecular complexity index is 240. The molecular weight excluding hydrogens is 245 g/mol. The van der Waals surface area contributed by atoms with E-state index in [1.54, 1.807) is 0 Å². The molecule has 2 nitrogen and oxygen atoms in total. The fourth-order valence-corrected chi connectivity index (χ4v) is 2.03. The van der Waals surface area contributed by atoms with Crippen molar-refractivity contribution < 1.29 is 4.74 Å². The summed E-state index contributed by atoms with van der Waals surface area (Å²) in [6.45, 7) is 5.92. The van der Waals surface area contributed by atoms with Crippen LogP contribution >= 0.6 is 23.2 Å². The normalized spacial score (nSPS) is 20.2. The van der Waals surface area contributed by atoms with Crippen LogP contribution in [0.15, 0.2) is 4.99 Å². The minimum atomic E-state index is -0.666. The predicted molar refractivity (Wildman–Crippen MR) is 70.6 cm³/mol. The van der Waals surface area contributed by atoms with E-state index in [0.29, 0.717) is 11.9 Å². The topological polar surface area (TPSA) is 21.6 Å². The van der Waals surface area contributed by atoms with Crippen molar-refractivity contribution in [1.29, 1.82) is 0 Å². The van der Waals surface area contributed by atoms with Crippen molar-refractivity contribution in [1.82, 2.24) is 0 Å². The minimum Gasteiger partial charge on any atom is -0.473 e. The Balaban J connectivity index is 2.64. The van der Waals surface area contributed by atoms with Gasteiger partial charge < -0.3 is 4.74 Å². The maximum Gasteiger partial charge on any atom is 0.218 e. The molecule has 94 valence electrons. The number of aliphatic imine (C=N–C) groups is 1. The summed E-state index contributed by atoms with van der Waals surface area (Å²) in [5.41, 5.74) is -0.296. The van der Waals surface area contributed by atoms with Crippen LogP contribution in [-0.2, 0) is 4.74 Å². The highest BCUT2D eigenvalue weighted by Gasteiger charge is 2.22. The molecule has 1 saturated carbocycles. The number of alkyl halides is 2. The molecule has 0 radical (unpaired) electrons. The lowest BCUT2D eigenvalue weighted by Gasteiger charge is -2.25. The molecule has 16 heavy (non-hydrogen) atoms. The second-order valence-corrected chi connectivity index (χ2v) is 6.37. The zero-order chi connectivity index (χ0) is 12.2. The van der Waals surface area contributed by atoms with Crippen LogP contribution in [0.1, 0.15) is 52.9 Å². The summed E-state index contributed by atoms with van der Waals surface area (Å²) in [6.07, 6.45) is 6.04. The van der Waals surface area contributed by atoms with E-state index in [9.17, 15) is 0 Å². The van der Waals surface area contributed by atoms with Crippen molar-refractivity contribution in [3.8, 4) is 0 Å². The van der Waals surface area contributed by atoms with Crippen LogP contribution < -0.4 is 0 Å². The van der Waals surface area contributed by atoms with Gasteiger partial charge in [0.1, 0.15) is 5.60 Å². The summed E-state index contributed by atoms with van der Waals surface area (Å²) < 4.78 is 5.69. The molecule has 1 fully saturated rings. The quantitative estimate of drug-likeness (QED) is 0.414. The first kappa shape index (κ1) is 14.1. The van der Waals surface area contributed by atoms with Crippen LogP contribution in [0.5, 0.6) is 0 Å². The molecule has 0 saturated heterocycles. The number of hydrogen-bond acceptors (Lipinski definition) is 2. The van der Waals surface area contributed by atoms with Gasteiger partial charge in [-0.1, -0.05) is 42.5 Å². The van der Waals surface area contributed by atoms with Gasteiger partial charge in [0, 0.05) is 0 Å². The Morgan fingerprint density at radius 2 is 1.75 bits per heavy atom. The monoisotopic (exact) mass is 265 g/mol. The highest BCUT2D eigenvalue weighted by atomic mass is 35.5. The highest BCUT2D eigenvalue weighted by molar-refractivity contribution is 6.53. The lowest BCUT2D eigenvalue weighted by atomic mass is 9.96. The second-order valence-electron chi connectivity index (χ2n) is 5.27.